The molecule has 2 bridgehead atoms. The van der Waals surface area contributed by atoms with E-state index in [4.69, 9.17) is 49.5 Å². The first-order valence-electron chi connectivity index (χ1n) is 19.5. The van der Waals surface area contributed by atoms with Crippen LogP contribution in [0.5, 0.6) is 0 Å². The van der Waals surface area contributed by atoms with E-state index in [1.54, 1.807) is 6.92 Å². The van der Waals surface area contributed by atoms with Crippen LogP contribution in [0.15, 0.2) is 11.1 Å². The van der Waals surface area contributed by atoms with Crippen molar-refractivity contribution in [2.45, 2.75) is 174 Å². The molecule has 12 nitrogen and oxygen atoms in total. The molecular weight excluding hydrogens is 737 g/mol. The number of carbonyl (C=O) groups excluding carboxylic acids is 4. The van der Waals surface area contributed by atoms with Crippen LogP contribution in [0.3, 0.4) is 0 Å². The second kappa shape index (κ2) is 14.6. The summed E-state index contributed by atoms with van der Waals surface area (Å²) >= 11 is 5.50. The van der Waals surface area contributed by atoms with Gasteiger partial charge in [0, 0.05) is 44.3 Å². The summed E-state index contributed by atoms with van der Waals surface area (Å²) in [6, 6.07) is 4.88. The summed E-state index contributed by atoms with van der Waals surface area (Å²) in [5.41, 5.74) is -4.49. The lowest BCUT2D eigenvalue weighted by molar-refractivity contribution is -0.248. The van der Waals surface area contributed by atoms with Crippen LogP contribution < -0.4 is 0 Å². The first-order chi connectivity index (χ1) is 24.8. The quantitative estimate of drug-likeness (QED) is 0.0640. The lowest BCUT2D eigenvalue weighted by Crippen LogP contribution is -2.77. The van der Waals surface area contributed by atoms with Crippen LogP contribution in [0.2, 0.25) is 36.3 Å². The molecule has 4 fully saturated rings. The van der Waals surface area contributed by atoms with Gasteiger partial charge in [-0.25, -0.2) is 4.79 Å². The number of carbonyl (C=O) groups is 4. The molecule has 0 radical (unpaired) electrons. The third-order valence-corrected chi connectivity index (χ3v) is 23.7. The number of fused-ring (bicyclic) bond motifs is 4. The van der Waals surface area contributed by atoms with Crippen molar-refractivity contribution in [2.24, 2.45) is 16.7 Å². The topological polar surface area (TPSA) is 142 Å². The van der Waals surface area contributed by atoms with Gasteiger partial charge in [-0.2, -0.15) is 0 Å². The van der Waals surface area contributed by atoms with Crippen molar-refractivity contribution in [2.75, 3.05) is 6.61 Å². The largest absolute Gasteiger partial charge is 0.509 e. The lowest BCUT2D eigenvalue weighted by Gasteiger charge is -2.63. The van der Waals surface area contributed by atoms with Crippen LogP contribution in [-0.4, -0.2) is 94.1 Å². The highest BCUT2D eigenvalue weighted by Gasteiger charge is 2.80. The van der Waals surface area contributed by atoms with Crippen LogP contribution in [0.1, 0.15) is 95.9 Å². The van der Waals surface area contributed by atoms with Gasteiger partial charge in [0.1, 0.15) is 12.7 Å². The summed E-state index contributed by atoms with van der Waals surface area (Å²) in [4.78, 5) is 56.0. The van der Waals surface area contributed by atoms with Gasteiger partial charge in [-0.05, 0) is 61.3 Å². The van der Waals surface area contributed by atoms with Crippen molar-refractivity contribution < 1.29 is 56.5 Å². The number of esters is 2. The molecule has 9 atom stereocenters. The van der Waals surface area contributed by atoms with Crippen molar-refractivity contribution in [1.82, 2.24) is 0 Å². The molecule has 5 rings (SSSR count). The van der Waals surface area contributed by atoms with Gasteiger partial charge in [-0.1, -0.05) is 55.4 Å². The van der Waals surface area contributed by atoms with Gasteiger partial charge in [-0.15, -0.1) is 0 Å². The van der Waals surface area contributed by atoms with E-state index in [-0.39, 0.29) is 24.7 Å². The van der Waals surface area contributed by atoms with Gasteiger partial charge in [-0.3, -0.25) is 14.4 Å². The number of hydrogen-bond acceptors (Lipinski definition) is 13. The number of rotatable bonds is 12. The van der Waals surface area contributed by atoms with Crippen LogP contribution in [0.25, 0.3) is 0 Å². The molecule has 0 unspecified atom stereocenters. The zero-order valence-electron chi connectivity index (χ0n) is 33.6. The molecule has 0 N–H and O–H groups in total. The normalized spacial score (nSPS) is 36.3. The van der Waals surface area contributed by atoms with Crippen molar-refractivity contribution in [3.05, 3.63) is 11.1 Å². The zero-order chi connectivity index (χ0) is 39.5. The maximum atomic E-state index is 16.0. The van der Waals surface area contributed by atoms with Crippen molar-refractivity contribution >= 4 is 58.0 Å². The molecule has 0 aromatic heterocycles. The standard InChI is InChI=1S/C38H60O12SSi2/c1-13-52(14-2,15-3)49-25-20-38-32(46-33(42)47-38)30-36(12,31(41)29(45-24(9)40)28(22(25)7)35(38,10)11)26(50-53(16-4,17-5)18-6)19-27(44-23(8)39)37(30)21-43-34(51)48-37/h25-27,29-30,32H,13-21H2,1-12H3/t25-,26-,27-,29+,30-,32-,36+,37-,38+/m0/s1. The molecule has 298 valence electrons. The zero-order valence-corrected chi connectivity index (χ0v) is 36.5. The average molecular weight is 797 g/mol. The van der Waals surface area contributed by atoms with E-state index in [1.165, 1.54) is 13.8 Å². The minimum atomic E-state index is -2.51. The second-order valence-corrected chi connectivity index (χ2v) is 26.2. The fourth-order valence-electron chi connectivity index (χ4n) is 10.6. The second-order valence-electron chi connectivity index (χ2n) is 16.4. The number of hydrogen-bond donors (Lipinski definition) is 0. The molecule has 3 aliphatic carbocycles. The minimum absolute atomic E-state index is 0.0607. The SMILES string of the molecule is CC[Si](CC)(CC)O[C@H]1C[C@@]23OC(=O)O[C@H]2[C@@H]2[C@]4(COC(=S)O4)[C@@H](OC(C)=O)C[C@H](O[Si](CC)(CC)CC)[C@@]2(C)C(=O)[C@H](OC(C)=O)C(=C1C)C3(C)C. The van der Waals surface area contributed by atoms with Gasteiger partial charge >= 0.3 is 23.3 Å². The van der Waals surface area contributed by atoms with E-state index >= 15 is 4.79 Å². The maximum Gasteiger partial charge on any atom is 0.509 e. The van der Waals surface area contributed by atoms with Crippen molar-refractivity contribution in [3.63, 3.8) is 0 Å². The van der Waals surface area contributed by atoms with Crippen LogP contribution in [-0.2, 0) is 51.7 Å². The Morgan fingerprint density at radius 3 is 1.87 bits per heavy atom. The molecule has 2 heterocycles. The van der Waals surface area contributed by atoms with Gasteiger partial charge < -0.3 is 37.3 Å². The summed E-state index contributed by atoms with van der Waals surface area (Å²) in [7, 11) is -4.83. The van der Waals surface area contributed by atoms with Gasteiger partial charge in [0.15, 0.2) is 45.8 Å². The summed E-state index contributed by atoms with van der Waals surface area (Å²) in [5.74, 6) is -2.76. The highest BCUT2D eigenvalue weighted by atomic mass is 32.1. The summed E-state index contributed by atoms with van der Waals surface area (Å²) in [5, 5.41) is -0.182. The third kappa shape index (κ3) is 6.32. The first kappa shape index (κ1) is 41.8. The predicted octanol–water partition coefficient (Wildman–Crippen LogP) is 7.33. The Labute approximate surface area is 321 Å². The van der Waals surface area contributed by atoms with E-state index in [2.05, 4.69) is 41.5 Å². The Morgan fingerprint density at radius 2 is 1.38 bits per heavy atom. The van der Waals surface area contributed by atoms with E-state index in [9.17, 15) is 14.4 Å². The van der Waals surface area contributed by atoms with E-state index < -0.39 is 99.0 Å². The molecule has 15 heteroatoms. The Hall–Kier alpha value is -2.34. The van der Waals surface area contributed by atoms with Gasteiger partial charge in [0.2, 0.25) is 0 Å². The molecule has 5 aliphatic rings. The first-order valence-corrected chi connectivity index (χ1v) is 24.9. The summed E-state index contributed by atoms with van der Waals surface area (Å²) in [6.45, 7) is 22.6. The maximum absolute atomic E-state index is 16.0. The van der Waals surface area contributed by atoms with Crippen LogP contribution in [0.4, 0.5) is 4.79 Å². The number of ketones is 1. The highest BCUT2D eigenvalue weighted by molar-refractivity contribution is 7.79. The molecular formula is C38H60O12SSi2. The third-order valence-electron chi connectivity index (χ3n) is 14.2. The monoisotopic (exact) mass is 796 g/mol. The minimum Gasteiger partial charge on any atom is -0.458 e. The molecule has 2 saturated carbocycles. The van der Waals surface area contributed by atoms with Crippen LogP contribution in [0, 0.1) is 16.7 Å². The Balaban J connectivity index is 1.91. The Kier molecular flexibility index (Phi) is 11.5. The van der Waals surface area contributed by atoms with E-state index in [1.807, 2.05) is 20.8 Å². The van der Waals surface area contributed by atoms with Crippen LogP contribution >= 0.6 is 12.2 Å². The average Bonchev–Trinajstić information content (AvgIpc) is 3.65. The van der Waals surface area contributed by atoms with Crippen molar-refractivity contribution in [3.8, 4) is 0 Å². The molecule has 2 saturated heterocycles. The molecule has 0 aromatic rings. The fourth-order valence-corrected chi connectivity index (χ4v) is 16.6. The molecule has 0 amide bonds. The summed E-state index contributed by atoms with van der Waals surface area (Å²) in [6.07, 6.45) is -5.69. The molecule has 2 aliphatic heterocycles. The Morgan fingerprint density at radius 1 is 0.830 bits per heavy atom. The highest BCUT2D eigenvalue weighted by Crippen LogP contribution is 2.66. The van der Waals surface area contributed by atoms with E-state index in [0.717, 1.165) is 41.8 Å². The van der Waals surface area contributed by atoms with Gasteiger partial charge in [0.05, 0.1) is 23.5 Å². The predicted molar refractivity (Wildman–Crippen MR) is 204 cm³/mol. The van der Waals surface area contributed by atoms with Crippen molar-refractivity contribution in [1.29, 1.82) is 0 Å². The molecule has 0 aromatic carbocycles. The number of ether oxygens (including phenoxy) is 6. The van der Waals surface area contributed by atoms with E-state index in [0.29, 0.717) is 5.57 Å². The van der Waals surface area contributed by atoms with Gasteiger partial charge in [0.25, 0.3) is 0 Å². The fraction of sp³-hybridized carbons (Fsp3) is 0.816. The number of thiocarbonyl (C=S) groups is 1. The number of Topliss-reactive ketones (excluding diaryl/α,β-unsaturated/α-hetero) is 1. The lowest BCUT2D eigenvalue weighted by atomic mass is 9.45. The molecule has 2 spiro atoms. The summed E-state index contributed by atoms with van der Waals surface area (Å²) < 4.78 is 52.2. The smallest absolute Gasteiger partial charge is 0.458 e. The molecule has 53 heavy (non-hydrogen) atoms. The Bertz CT molecular complexity index is 1520.